The lowest BCUT2D eigenvalue weighted by Gasteiger charge is -2.22. The molecule has 4 rings (SSSR count). The van der Waals surface area contributed by atoms with E-state index in [-0.39, 0.29) is 6.10 Å². The number of fused-ring (bicyclic) bond motifs is 1. The van der Waals surface area contributed by atoms with E-state index in [0.29, 0.717) is 24.3 Å². The molecule has 1 saturated heterocycles. The predicted octanol–water partition coefficient (Wildman–Crippen LogP) is 2.73. The van der Waals surface area contributed by atoms with Gasteiger partial charge in [0.1, 0.15) is 11.9 Å². The number of methoxy groups -OCH3 is 1. The van der Waals surface area contributed by atoms with Gasteiger partial charge in [-0.3, -0.25) is 4.90 Å². The largest absolute Gasteiger partial charge is 0.374 e. The first-order valence-electron chi connectivity index (χ1n) is 9.31. The standard InChI is InChI=1S/C18H27N5O2/c1-12(24-3)17-20-16(25-21-17)11-23-10-6-9-15(23)18-19-13-7-4-5-8-14(13)22(18)2/h12,15H,4-11H2,1-3H3/t12-,15+/m0/s1. The molecule has 2 aromatic rings. The molecule has 0 unspecified atom stereocenters. The van der Waals surface area contributed by atoms with Crippen LogP contribution in [0, 0.1) is 0 Å². The molecule has 3 heterocycles. The maximum Gasteiger partial charge on any atom is 0.240 e. The van der Waals surface area contributed by atoms with Crippen molar-refractivity contribution in [2.24, 2.45) is 7.05 Å². The molecule has 7 nitrogen and oxygen atoms in total. The van der Waals surface area contributed by atoms with Crippen LogP contribution in [0.1, 0.15) is 73.7 Å². The second-order valence-electron chi connectivity index (χ2n) is 7.18. The SMILES string of the molecule is CO[C@@H](C)c1noc(CN2CCC[C@@H]2c2nc3c(n2C)CCCC3)n1. The normalized spacial score (nSPS) is 22.3. The zero-order valence-corrected chi connectivity index (χ0v) is 15.4. The second-order valence-corrected chi connectivity index (χ2v) is 7.18. The molecule has 1 fully saturated rings. The van der Waals surface area contributed by atoms with Crippen LogP contribution in [0.2, 0.25) is 0 Å². The molecule has 0 saturated carbocycles. The fourth-order valence-electron chi connectivity index (χ4n) is 4.09. The number of ether oxygens (including phenoxy) is 1. The van der Waals surface area contributed by atoms with Crippen molar-refractivity contribution < 1.29 is 9.26 Å². The van der Waals surface area contributed by atoms with E-state index in [4.69, 9.17) is 14.2 Å². The van der Waals surface area contributed by atoms with Crippen molar-refractivity contribution in [1.82, 2.24) is 24.6 Å². The average molecular weight is 345 g/mol. The Balaban J connectivity index is 1.53. The van der Waals surface area contributed by atoms with E-state index in [2.05, 4.69) is 26.7 Å². The number of rotatable bonds is 5. The van der Waals surface area contributed by atoms with Crippen molar-refractivity contribution in [3.05, 3.63) is 28.9 Å². The van der Waals surface area contributed by atoms with Crippen LogP contribution in [0.5, 0.6) is 0 Å². The van der Waals surface area contributed by atoms with E-state index in [0.717, 1.165) is 25.8 Å². The Morgan fingerprint density at radius 3 is 2.88 bits per heavy atom. The molecule has 2 atom stereocenters. The van der Waals surface area contributed by atoms with E-state index in [1.165, 1.54) is 36.5 Å². The summed E-state index contributed by atoms with van der Waals surface area (Å²) in [5.74, 6) is 2.47. The van der Waals surface area contributed by atoms with Gasteiger partial charge in [0.15, 0.2) is 5.82 Å². The molecule has 136 valence electrons. The third-order valence-electron chi connectivity index (χ3n) is 5.61. The monoisotopic (exact) mass is 345 g/mol. The van der Waals surface area contributed by atoms with Crippen LogP contribution in [0.3, 0.4) is 0 Å². The molecule has 0 N–H and O–H groups in total. The molecule has 2 aliphatic rings. The average Bonchev–Trinajstić information content (AvgIpc) is 3.35. The lowest BCUT2D eigenvalue weighted by atomic mass is 10.0. The molecule has 1 aliphatic carbocycles. The topological polar surface area (TPSA) is 69.2 Å². The zero-order chi connectivity index (χ0) is 17.4. The van der Waals surface area contributed by atoms with E-state index in [1.807, 2.05) is 6.92 Å². The summed E-state index contributed by atoms with van der Waals surface area (Å²) < 4.78 is 13.0. The Bertz CT molecular complexity index is 738. The summed E-state index contributed by atoms with van der Waals surface area (Å²) in [6, 6.07) is 0.339. The number of aromatic nitrogens is 4. The Morgan fingerprint density at radius 2 is 2.08 bits per heavy atom. The Kier molecular flexibility index (Phi) is 4.60. The lowest BCUT2D eigenvalue weighted by molar-refractivity contribution is 0.109. The second kappa shape index (κ2) is 6.88. The van der Waals surface area contributed by atoms with Crippen LogP contribution in [-0.4, -0.2) is 38.2 Å². The minimum atomic E-state index is -0.145. The van der Waals surface area contributed by atoms with Gasteiger partial charge in [-0.15, -0.1) is 0 Å². The molecule has 7 heteroatoms. The number of hydrogen-bond acceptors (Lipinski definition) is 6. The summed E-state index contributed by atoms with van der Waals surface area (Å²) in [6.45, 7) is 3.64. The fourth-order valence-corrected chi connectivity index (χ4v) is 4.09. The van der Waals surface area contributed by atoms with Crippen LogP contribution >= 0.6 is 0 Å². The van der Waals surface area contributed by atoms with Gasteiger partial charge in [-0.2, -0.15) is 4.98 Å². The maximum absolute atomic E-state index is 5.44. The number of aryl methyl sites for hydroxylation is 1. The smallest absolute Gasteiger partial charge is 0.240 e. The van der Waals surface area contributed by atoms with Gasteiger partial charge in [-0.05, 0) is 52.0 Å². The van der Waals surface area contributed by atoms with Crippen molar-refractivity contribution in [3.8, 4) is 0 Å². The third-order valence-corrected chi connectivity index (χ3v) is 5.61. The molecular weight excluding hydrogens is 318 g/mol. The fraction of sp³-hybridized carbons (Fsp3) is 0.722. The van der Waals surface area contributed by atoms with E-state index >= 15 is 0 Å². The highest BCUT2D eigenvalue weighted by molar-refractivity contribution is 5.22. The van der Waals surface area contributed by atoms with Crippen LogP contribution < -0.4 is 0 Å². The van der Waals surface area contributed by atoms with Gasteiger partial charge in [-0.25, -0.2) is 4.98 Å². The summed E-state index contributed by atoms with van der Waals surface area (Å²) in [7, 11) is 3.83. The summed E-state index contributed by atoms with van der Waals surface area (Å²) in [4.78, 5) is 11.9. The summed E-state index contributed by atoms with van der Waals surface area (Å²) in [6.07, 6.45) is 7.00. The van der Waals surface area contributed by atoms with E-state index in [9.17, 15) is 0 Å². The molecular formula is C18H27N5O2. The summed E-state index contributed by atoms with van der Waals surface area (Å²) >= 11 is 0. The molecule has 0 spiro atoms. The summed E-state index contributed by atoms with van der Waals surface area (Å²) in [5.41, 5.74) is 2.74. The van der Waals surface area contributed by atoms with Gasteiger partial charge in [0.2, 0.25) is 5.89 Å². The highest BCUT2D eigenvalue weighted by Gasteiger charge is 2.32. The molecule has 25 heavy (non-hydrogen) atoms. The molecule has 1 aliphatic heterocycles. The van der Waals surface area contributed by atoms with Crippen LogP contribution in [0.25, 0.3) is 0 Å². The first-order valence-corrected chi connectivity index (χ1v) is 9.31. The van der Waals surface area contributed by atoms with Crippen molar-refractivity contribution in [2.45, 2.75) is 64.1 Å². The molecule has 2 aromatic heterocycles. The predicted molar refractivity (Wildman–Crippen MR) is 92.0 cm³/mol. The van der Waals surface area contributed by atoms with Gasteiger partial charge >= 0.3 is 0 Å². The highest BCUT2D eigenvalue weighted by atomic mass is 16.5. The van der Waals surface area contributed by atoms with Crippen molar-refractivity contribution in [1.29, 1.82) is 0 Å². The highest BCUT2D eigenvalue weighted by Crippen LogP contribution is 2.34. The van der Waals surface area contributed by atoms with Gasteiger partial charge in [-0.1, -0.05) is 5.16 Å². The number of imidazole rings is 1. The molecule has 0 amide bonds. The summed E-state index contributed by atoms with van der Waals surface area (Å²) in [5, 5.41) is 4.04. The Morgan fingerprint density at radius 1 is 1.24 bits per heavy atom. The molecule has 0 aromatic carbocycles. The minimum absolute atomic E-state index is 0.145. The van der Waals surface area contributed by atoms with E-state index in [1.54, 1.807) is 7.11 Å². The van der Waals surface area contributed by atoms with Crippen LogP contribution in [-0.2, 0) is 31.2 Å². The first kappa shape index (κ1) is 16.7. The van der Waals surface area contributed by atoms with Gasteiger partial charge in [0, 0.05) is 19.9 Å². The van der Waals surface area contributed by atoms with E-state index < -0.39 is 0 Å². The molecule has 0 radical (unpaired) electrons. The number of likely N-dealkylation sites (tertiary alicyclic amines) is 1. The van der Waals surface area contributed by atoms with Crippen molar-refractivity contribution in [3.63, 3.8) is 0 Å². The van der Waals surface area contributed by atoms with Crippen LogP contribution in [0.15, 0.2) is 4.52 Å². The number of nitrogens with zero attached hydrogens (tertiary/aromatic N) is 5. The minimum Gasteiger partial charge on any atom is -0.374 e. The van der Waals surface area contributed by atoms with Crippen LogP contribution in [0.4, 0.5) is 0 Å². The van der Waals surface area contributed by atoms with Gasteiger partial charge in [0.05, 0.1) is 18.3 Å². The molecule has 0 bridgehead atoms. The Hall–Kier alpha value is -1.73. The zero-order valence-electron chi connectivity index (χ0n) is 15.4. The first-order chi connectivity index (χ1) is 12.2. The van der Waals surface area contributed by atoms with Crippen molar-refractivity contribution >= 4 is 0 Å². The lowest BCUT2D eigenvalue weighted by Crippen LogP contribution is -2.25. The van der Waals surface area contributed by atoms with Gasteiger partial charge in [0.25, 0.3) is 0 Å². The quantitative estimate of drug-likeness (QED) is 0.830. The Labute approximate surface area is 148 Å². The third kappa shape index (κ3) is 3.11. The van der Waals surface area contributed by atoms with Crippen molar-refractivity contribution in [2.75, 3.05) is 13.7 Å². The maximum atomic E-state index is 5.44. The van der Waals surface area contributed by atoms with Gasteiger partial charge < -0.3 is 13.8 Å². The number of hydrogen-bond donors (Lipinski definition) is 0.